The number of carbonyl (C=O) groups excluding carboxylic acids is 2. The number of nitrogens with one attached hydrogen (secondary N) is 2. The summed E-state index contributed by atoms with van der Waals surface area (Å²) in [4.78, 5) is 24.3. The van der Waals surface area contributed by atoms with Crippen LogP contribution in [-0.2, 0) is 9.53 Å². The molecule has 1 heterocycles. The molecule has 0 radical (unpaired) electrons. The molecule has 1 aliphatic heterocycles. The van der Waals surface area contributed by atoms with Crippen LogP contribution in [0.25, 0.3) is 0 Å². The van der Waals surface area contributed by atoms with E-state index < -0.39 is 24.0 Å². The van der Waals surface area contributed by atoms with Crippen LogP contribution in [0.2, 0.25) is 0 Å². The van der Waals surface area contributed by atoms with Crippen LogP contribution in [0.5, 0.6) is 17.2 Å². The van der Waals surface area contributed by atoms with E-state index in [1.807, 2.05) is 0 Å². The predicted octanol–water partition coefficient (Wildman–Crippen LogP) is 1.76. The quantitative estimate of drug-likeness (QED) is 0.759. The molecule has 2 amide bonds. The fourth-order valence-electron chi connectivity index (χ4n) is 2.82. The number of rotatable bonds is 6. The van der Waals surface area contributed by atoms with E-state index in [9.17, 15) is 9.59 Å². The molecule has 2 unspecified atom stereocenters. The first-order chi connectivity index (χ1) is 12.0. The third-order valence-electron chi connectivity index (χ3n) is 3.88. The van der Waals surface area contributed by atoms with Crippen LogP contribution < -0.4 is 24.8 Å². The molecule has 8 nitrogen and oxygen atoms in total. The Hall–Kier alpha value is -2.90. The second-order valence-corrected chi connectivity index (χ2v) is 5.25. The minimum Gasteiger partial charge on any atom is -0.493 e. The first-order valence-corrected chi connectivity index (χ1v) is 7.70. The summed E-state index contributed by atoms with van der Waals surface area (Å²) >= 11 is 0. The van der Waals surface area contributed by atoms with Gasteiger partial charge in [0.2, 0.25) is 5.75 Å². The van der Waals surface area contributed by atoms with Gasteiger partial charge in [0.1, 0.15) is 5.92 Å². The maximum atomic E-state index is 12.4. The van der Waals surface area contributed by atoms with Gasteiger partial charge in [0.15, 0.2) is 11.5 Å². The Morgan fingerprint density at radius 3 is 2.40 bits per heavy atom. The van der Waals surface area contributed by atoms with Gasteiger partial charge < -0.3 is 29.6 Å². The molecule has 1 saturated heterocycles. The Bertz CT molecular complexity index is 688. The van der Waals surface area contributed by atoms with Gasteiger partial charge in [0.05, 0.1) is 34.0 Å². The third kappa shape index (κ3) is 3.47. The lowest BCUT2D eigenvalue weighted by Gasteiger charge is -2.34. The number of esters is 1. The fourth-order valence-corrected chi connectivity index (χ4v) is 2.82. The molecule has 0 aromatic heterocycles. The van der Waals surface area contributed by atoms with Crippen LogP contribution in [0.15, 0.2) is 24.4 Å². The zero-order valence-corrected chi connectivity index (χ0v) is 14.7. The van der Waals surface area contributed by atoms with Crippen molar-refractivity contribution >= 4 is 12.0 Å². The van der Waals surface area contributed by atoms with Gasteiger partial charge in [-0.1, -0.05) is 6.58 Å². The summed E-state index contributed by atoms with van der Waals surface area (Å²) in [5.41, 5.74) is 0.804. The Kier molecular flexibility index (Phi) is 5.74. The first-order valence-electron chi connectivity index (χ1n) is 7.70. The van der Waals surface area contributed by atoms with Crippen molar-refractivity contribution in [3.05, 3.63) is 30.0 Å². The lowest BCUT2D eigenvalue weighted by molar-refractivity contribution is -0.147. The number of urea groups is 1. The van der Waals surface area contributed by atoms with Crippen molar-refractivity contribution in [2.24, 2.45) is 5.92 Å². The van der Waals surface area contributed by atoms with Gasteiger partial charge in [-0.15, -0.1) is 0 Å². The number of ether oxygens (including phenoxy) is 4. The molecule has 1 aliphatic rings. The van der Waals surface area contributed by atoms with Crippen LogP contribution in [0.3, 0.4) is 0 Å². The highest BCUT2D eigenvalue weighted by Gasteiger charge is 2.41. The number of methoxy groups -OCH3 is 3. The molecule has 25 heavy (non-hydrogen) atoms. The standard InChI is InChI=1S/C17H22N2O6/c1-6-25-16(20)12-9(2)18-17(21)19-13(12)10-7-8-11(22-3)15(24-5)14(10)23-4/h7-8,12-13H,2,6H2,1,3-5H3,(H2,18,19,21). The van der Waals surface area contributed by atoms with Crippen molar-refractivity contribution in [3.63, 3.8) is 0 Å². The Morgan fingerprint density at radius 1 is 1.16 bits per heavy atom. The molecule has 2 atom stereocenters. The maximum Gasteiger partial charge on any atom is 0.319 e. The average molecular weight is 350 g/mol. The Balaban J connectivity index is 2.57. The summed E-state index contributed by atoms with van der Waals surface area (Å²) in [6.07, 6.45) is 0. The maximum absolute atomic E-state index is 12.4. The smallest absolute Gasteiger partial charge is 0.319 e. The Labute approximate surface area is 146 Å². The van der Waals surface area contributed by atoms with E-state index in [1.54, 1.807) is 19.1 Å². The van der Waals surface area contributed by atoms with Gasteiger partial charge in [-0.3, -0.25) is 4.79 Å². The van der Waals surface area contributed by atoms with E-state index in [4.69, 9.17) is 18.9 Å². The van der Waals surface area contributed by atoms with Gasteiger partial charge >= 0.3 is 12.0 Å². The highest BCUT2D eigenvalue weighted by atomic mass is 16.5. The summed E-state index contributed by atoms with van der Waals surface area (Å²) in [7, 11) is 4.46. The lowest BCUT2D eigenvalue weighted by Crippen LogP contribution is -2.51. The minimum atomic E-state index is -0.815. The molecule has 2 N–H and O–H groups in total. The number of hydrogen-bond acceptors (Lipinski definition) is 6. The highest BCUT2D eigenvalue weighted by Crippen LogP contribution is 2.45. The van der Waals surface area contributed by atoms with Crippen LogP contribution in [-0.4, -0.2) is 39.9 Å². The summed E-state index contributed by atoms with van der Waals surface area (Å²) in [6, 6.07) is 2.19. The van der Waals surface area contributed by atoms with Gasteiger partial charge in [-0.05, 0) is 19.1 Å². The van der Waals surface area contributed by atoms with E-state index in [1.165, 1.54) is 21.3 Å². The van der Waals surface area contributed by atoms with Gasteiger partial charge in [0, 0.05) is 11.3 Å². The van der Waals surface area contributed by atoms with Gasteiger partial charge in [-0.2, -0.15) is 0 Å². The Morgan fingerprint density at radius 2 is 1.84 bits per heavy atom. The number of carbonyl (C=O) groups is 2. The second-order valence-electron chi connectivity index (χ2n) is 5.25. The van der Waals surface area contributed by atoms with Gasteiger partial charge in [-0.25, -0.2) is 4.79 Å². The summed E-state index contributed by atoms with van der Waals surface area (Å²) in [5.74, 6) is -0.124. The highest BCUT2D eigenvalue weighted by molar-refractivity contribution is 5.85. The number of benzene rings is 1. The van der Waals surface area contributed by atoms with Crippen LogP contribution in [0, 0.1) is 5.92 Å². The van der Waals surface area contributed by atoms with Crippen LogP contribution in [0.4, 0.5) is 4.79 Å². The molecule has 0 bridgehead atoms. The summed E-state index contributed by atoms with van der Waals surface area (Å²) in [6.45, 7) is 5.71. The summed E-state index contributed by atoms with van der Waals surface area (Å²) < 4.78 is 21.2. The van der Waals surface area contributed by atoms with Crippen molar-refractivity contribution in [1.29, 1.82) is 0 Å². The van der Waals surface area contributed by atoms with Crippen molar-refractivity contribution in [2.75, 3.05) is 27.9 Å². The van der Waals surface area contributed by atoms with Crippen LogP contribution >= 0.6 is 0 Å². The minimum absolute atomic E-state index is 0.215. The monoisotopic (exact) mass is 350 g/mol. The molecule has 8 heteroatoms. The van der Waals surface area contributed by atoms with Crippen LogP contribution in [0.1, 0.15) is 18.5 Å². The molecular formula is C17H22N2O6. The molecule has 0 saturated carbocycles. The molecule has 0 aliphatic carbocycles. The van der Waals surface area contributed by atoms with Crippen molar-refractivity contribution < 1.29 is 28.5 Å². The fraction of sp³-hybridized carbons (Fsp3) is 0.412. The topological polar surface area (TPSA) is 95.1 Å². The van der Waals surface area contributed by atoms with Crippen molar-refractivity contribution in [3.8, 4) is 17.2 Å². The van der Waals surface area contributed by atoms with E-state index in [2.05, 4.69) is 17.2 Å². The zero-order valence-electron chi connectivity index (χ0n) is 14.7. The normalized spacial score (nSPS) is 19.5. The summed E-state index contributed by atoms with van der Waals surface area (Å²) in [5, 5.41) is 5.24. The molecule has 1 fully saturated rings. The lowest BCUT2D eigenvalue weighted by atomic mass is 9.88. The van der Waals surface area contributed by atoms with E-state index >= 15 is 0 Å². The molecule has 0 spiro atoms. The molecule has 1 aromatic carbocycles. The number of amides is 2. The van der Waals surface area contributed by atoms with E-state index in [0.717, 1.165) is 0 Å². The molecule has 136 valence electrons. The second kappa shape index (κ2) is 7.78. The van der Waals surface area contributed by atoms with E-state index in [-0.39, 0.29) is 12.3 Å². The first kappa shape index (κ1) is 18.4. The zero-order chi connectivity index (χ0) is 18.6. The van der Waals surface area contributed by atoms with Crippen molar-refractivity contribution in [2.45, 2.75) is 13.0 Å². The van der Waals surface area contributed by atoms with Gasteiger partial charge in [0.25, 0.3) is 0 Å². The third-order valence-corrected chi connectivity index (χ3v) is 3.88. The largest absolute Gasteiger partial charge is 0.493 e. The van der Waals surface area contributed by atoms with E-state index in [0.29, 0.717) is 22.8 Å². The molecule has 2 rings (SSSR count). The predicted molar refractivity (Wildman–Crippen MR) is 89.8 cm³/mol. The SMILES string of the molecule is C=C1NC(=O)NC(c2ccc(OC)c(OC)c2OC)C1C(=O)OCC. The average Bonchev–Trinajstić information content (AvgIpc) is 2.59. The molecular weight excluding hydrogens is 328 g/mol. The molecule has 1 aromatic rings. The van der Waals surface area contributed by atoms with Crippen molar-refractivity contribution in [1.82, 2.24) is 10.6 Å². The number of hydrogen-bond donors (Lipinski definition) is 2.